The first-order chi connectivity index (χ1) is 19.7. The lowest BCUT2D eigenvalue weighted by molar-refractivity contribution is -0.151. The van der Waals surface area contributed by atoms with Gasteiger partial charge in [-0.3, -0.25) is 33.8 Å². The second kappa shape index (κ2) is 17.3. The third-order valence-electron chi connectivity index (χ3n) is 6.10. The minimum atomic E-state index is -1.73. The third kappa shape index (κ3) is 11.9. The number of guanidine groups is 1. The van der Waals surface area contributed by atoms with Crippen molar-refractivity contribution in [3.05, 3.63) is 0 Å². The fourth-order valence-corrected chi connectivity index (χ4v) is 4.05. The van der Waals surface area contributed by atoms with Gasteiger partial charge in [-0.1, -0.05) is 0 Å². The Labute approximate surface area is 240 Å². The van der Waals surface area contributed by atoms with Crippen molar-refractivity contribution in [2.24, 2.45) is 22.2 Å². The van der Waals surface area contributed by atoms with Crippen LogP contribution in [0.1, 0.15) is 39.0 Å². The average molecular weight is 602 g/mol. The van der Waals surface area contributed by atoms with E-state index in [0.29, 0.717) is 6.42 Å². The molecule has 19 heteroatoms. The molecule has 0 aliphatic carbocycles. The van der Waals surface area contributed by atoms with Crippen molar-refractivity contribution in [1.29, 1.82) is 0 Å². The average Bonchev–Trinajstić information content (AvgIpc) is 3.41. The molecule has 13 N–H and O–H groups in total. The van der Waals surface area contributed by atoms with Gasteiger partial charge >= 0.3 is 11.9 Å². The highest BCUT2D eigenvalue weighted by Crippen LogP contribution is 2.19. The Bertz CT molecular complexity index is 1050. The standard InChI is InChI=1S/C23H39N9O10/c1-11(33)18(21(40)32-7-3-5-14(32)22(41)42)31-20(39)13(8-17(36)37)30-16(35)10-28-19(38)12(29-15(34)9-24)4-2-6-27-23(25)26/h11-14,18,33H,2-10,24H2,1H3,(H,28,38)(H,29,34)(H,30,35)(H,31,39)(H,36,37)(H,41,42)(H4,25,26,27)/t11-,12+,13-,14-,18-/m0/s1. The molecular weight excluding hydrogens is 562 g/mol. The van der Waals surface area contributed by atoms with Gasteiger partial charge in [0.2, 0.25) is 29.5 Å². The molecule has 19 nitrogen and oxygen atoms in total. The first-order valence-corrected chi connectivity index (χ1v) is 13.0. The van der Waals surface area contributed by atoms with Crippen molar-refractivity contribution >= 4 is 47.4 Å². The van der Waals surface area contributed by atoms with Crippen molar-refractivity contribution in [3.63, 3.8) is 0 Å². The van der Waals surface area contributed by atoms with Gasteiger partial charge in [0.15, 0.2) is 5.96 Å². The number of aliphatic hydroxyl groups excluding tert-OH is 1. The summed E-state index contributed by atoms with van der Waals surface area (Å²) in [5.41, 5.74) is 15.8. The maximum absolute atomic E-state index is 13.0. The fraction of sp³-hybridized carbons (Fsp3) is 0.652. The summed E-state index contributed by atoms with van der Waals surface area (Å²) >= 11 is 0. The maximum atomic E-state index is 13.0. The third-order valence-corrected chi connectivity index (χ3v) is 6.10. The molecule has 5 atom stereocenters. The topological polar surface area (TPSA) is 322 Å². The van der Waals surface area contributed by atoms with Gasteiger partial charge in [0, 0.05) is 13.1 Å². The first-order valence-electron chi connectivity index (χ1n) is 13.0. The maximum Gasteiger partial charge on any atom is 0.326 e. The molecule has 42 heavy (non-hydrogen) atoms. The number of carbonyl (C=O) groups is 7. The lowest BCUT2D eigenvalue weighted by Crippen LogP contribution is -2.59. The van der Waals surface area contributed by atoms with Gasteiger partial charge in [-0.15, -0.1) is 0 Å². The number of nitrogens with one attached hydrogen (secondary N) is 4. The van der Waals surface area contributed by atoms with Crippen LogP contribution in [-0.2, 0) is 33.6 Å². The second-order valence-electron chi connectivity index (χ2n) is 9.46. The van der Waals surface area contributed by atoms with Gasteiger partial charge < -0.3 is 58.7 Å². The summed E-state index contributed by atoms with van der Waals surface area (Å²) in [5.74, 6) is -7.36. The minimum absolute atomic E-state index is 0.0743. The monoisotopic (exact) mass is 601 g/mol. The number of carboxylic acids is 2. The summed E-state index contributed by atoms with van der Waals surface area (Å²) in [6, 6.07) is -5.63. The largest absolute Gasteiger partial charge is 0.481 e. The molecule has 0 aromatic heterocycles. The van der Waals surface area contributed by atoms with E-state index in [1.807, 2.05) is 0 Å². The quantitative estimate of drug-likeness (QED) is 0.0423. The Morgan fingerprint density at radius 1 is 0.976 bits per heavy atom. The summed E-state index contributed by atoms with van der Waals surface area (Å²) in [6.45, 7) is 0.269. The van der Waals surface area contributed by atoms with E-state index in [2.05, 4.69) is 26.3 Å². The van der Waals surface area contributed by atoms with Gasteiger partial charge in [0.25, 0.3) is 0 Å². The molecule has 1 rings (SSSR count). The number of rotatable bonds is 17. The molecule has 1 saturated heterocycles. The SMILES string of the molecule is C[C@H](O)[C@H](NC(=O)[C@H](CC(=O)O)NC(=O)CNC(=O)[C@@H](CCCN=C(N)N)NC(=O)CN)C(=O)N1CCC[C@H]1C(=O)O. The Hall–Kier alpha value is -4.52. The van der Waals surface area contributed by atoms with Crippen molar-refractivity contribution in [2.75, 3.05) is 26.2 Å². The molecule has 0 aromatic carbocycles. The fourth-order valence-electron chi connectivity index (χ4n) is 4.05. The normalized spacial score (nSPS) is 17.1. The smallest absolute Gasteiger partial charge is 0.326 e. The van der Waals surface area contributed by atoms with Gasteiger partial charge in [0.05, 0.1) is 25.6 Å². The van der Waals surface area contributed by atoms with E-state index >= 15 is 0 Å². The Morgan fingerprint density at radius 2 is 1.62 bits per heavy atom. The number of carboxylic acid groups (broad SMARTS) is 2. The van der Waals surface area contributed by atoms with Crippen molar-refractivity contribution in [2.45, 2.75) is 69.3 Å². The number of hydrogen-bond acceptors (Lipinski definition) is 10. The van der Waals surface area contributed by atoms with E-state index < -0.39 is 91.3 Å². The number of amides is 5. The Kier molecular flexibility index (Phi) is 14.6. The van der Waals surface area contributed by atoms with Gasteiger partial charge in [-0.25, -0.2) is 4.79 Å². The molecule has 0 radical (unpaired) electrons. The van der Waals surface area contributed by atoms with E-state index in [1.165, 1.54) is 6.92 Å². The predicted octanol–water partition coefficient (Wildman–Crippen LogP) is -5.50. The number of aliphatic imine (C=N–C) groups is 1. The molecule has 236 valence electrons. The van der Waals surface area contributed by atoms with Crippen LogP contribution in [0.3, 0.4) is 0 Å². The van der Waals surface area contributed by atoms with Gasteiger partial charge in [-0.2, -0.15) is 0 Å². The molecule has 1 aliphatic heterocycles. The summed E-state index contributed by atoms with van der Waals surface area (Å²) in [4.78, 5) is 90.3. The zero-order chi connectivity index (χ0) is 32.0. The van der Waals surface area contributed by atoms with E-state index in [1.54, 1.807) is 0 Å². The molecule has 1 fully saturated rings. The Morgan fingerprint density at radius 3 is 2.17 bits per heavy atom. The van der Waals surface area contributed by atoms with Crippen LogP contribution >= 0.6 is 0 Å². The van der Waals surface area contributed by atoms with Crippen molar-refractivity contribution in [1.82, 2.24) is 26.2 Å². The van der Waals surface area contributed by atoms with Crippen LogP contribution in [0, 0.1) is 0 Å². The zero-order valence-electron chi connectivity index (χ0n) is 23.1. The van der Waals surface area contributed by atoms with E-state index in [-0.39, 0.29) is 38.3 Å². The number of nitrogens with two attached hydrogens (primary N) is 3. The lowest BCUT2D eigenvalue weighted by Gasteiger charge is -2.29. The summed E-state index contributed by atoms with van der Waals surface area (Å²) in [6.07, 6.45) is -1.49. The Balaban J connectivity index is 2.88. The van der Waals surface area contributed by atoms with Crippen LogP contribution < -0.4 is 38.5 Å². The van der Waals surface area contributed by atoms with E-state index in [0.717, 1.165) is 4.90 Å². The summed E-state index contributed by atoms with van der Waals surface area (Å²) < 4.78 is 0. The van der Waals surface area contributed by atoms with Crippen LogP contribution in [0.25, 0.3) is 0 Å². The molecule has 0 aromatic rings. The van der Waals surface area contributed by atoms with E-state index in [9.17, 15) is 48.9 Å². The number of nitrogens with zero attached hydrogens (tertiary/aromatic N) is 2. The van der Waals surface area contributed by atoms with Crippen LogP contribution in [0.5, 0.6) is 0 Å². The highest BCUT2D eigenvalue weighted by molar-refractivity contribution is 5.96. The molecule has 0 saturated carbocycles. The van der Waals surface area contributed by atoms with Gasteiger partial charge in [0.1, 0.15) is 24.2 Å². The molecule has 0 unspecified atom stereocenters. The van der Waals surface area contributed by atoms with Crippen LogP contribution in [0.2, 0.25) is 0 Å². The first kappa shape index (κ1) is 35.5. The van der Waals surface area contributed by atoms with Crippen molar-refractivity contribution < 1.29 is 48.9 Å². The minimum Gasteiger partial charge on any atom is -0.481 e. The number of carbonyl (C=O) groups excluding carboxylic acids is 5. The highest BCUT2D eigenvalue weighted by Gasteiger charge is 2.40. The van der Waals surface area contributed by atoms with Crippen LogP contribution in [0.4, 0.5) is 0 Å². The number of aliphatic hydroxyl groups is 1. The number of aliphatic carboxylic acids is 2. The second-order valence-corrected chi connectivity index (χ2v) is 9.46. The van der Waals surface area contributed by atoms with Gasteiger partial charge in [-0.05, 0) is 32.6 Å². The van der Waals surface area contributed by atoms with Crippen LogP contribution in [0.15, 0.2) is 4.99 Å². The van der Waals surface area contributed by atoms with Crippen molar-refractivity contribution in [3.8, 4) is 0 Å². The number of hydrogen-bond donors (Lipinski definition) is 10. The molecule has 1 heterocycles. The van der Waals surface area contributed by atoms with Crippen LogP contribution in [-0.4, -0.2) is 124 Å². The number of likely N-dealkylation sites (tertiary alicyclic amines) is 1. The molecule has 0 spiro atoms. The predicted molar refractivity (Wildman–Crippen MR) is 144 cm³/mol. The highest BCUT2D eigenvalue weighted by atomic mass is 16.4. The molecular formula is C23H39N9O10. The zero-order valence-corrected chi connectivity index (χ0v) is 23.1. The molecule has 1 aliphatic rings. The summed E-state index contributed by atoms with van der Waals surface area (Å²) in [7, 11) is 0. The van der Waals surface area contributed by atoms with E-state index in [4.69, 9.17) is 17.2 Å². The molecule has 5 amide bonds. The molecule has 0 bridgehead atoms. The summed E-state index contributed by atoms with van der Waals surface area (Å²) in [5, 5.41) is 37.7. The lowest BCUT2D eigenvalue weighted by atomic mass is 10.1.